The number of hydrogen-bond acceptors (Lipinski definition) is 6. The summed E-state index contributed by atoms with van der Waals surface area (Å²) in [6.45, 7) is 1.52. The number of sulfonamides is 1. The summed E-state index contributed by atoms with van der Waals surface area (Å²) >= 11 is 6.11. The minimum atomic E-state index is -4.17. The lowest BCUT2D eigenvalue weighted by atomic mass is 10.1. The molecule has 2 N–H and O–H groups in total. The number of Topliss-reactive ketones (excluding diaryl/α,β-unsaturated/α-hetero) is 1. The molecule has 0 bridgehead atoms. The predicted octanol–water partition coefficient (Wildman–Crippen LogP) is 4.58. The van der Waals surface area contributed by atoms with Crippen LogP contribution in [0.4, 0.5) is 5.69 Å². The Bertz CT molecular complexity index is 1390. The van der Waals surface area contributed by atoms with E-state index in [-0.39, 0.29) is 27.7 Å². The predicted molar refractivity (Wildman–Crippen MR) is 134 cm³/mol. The van der Waals surface area contributed by atoms with Gasteiger partial charge in [-0.3, -0.25) is 9.78 Å². The molecule has 1 atom stereocenters. The van der Waals surface area contributed by atoms with E-state index in [9.17, 15) is 18.0 Å². The Kier molecular flexibility index (Phi) is 8.93. The molecule has 1 amide bonds. The highest BCUT2D eigenvalue weighted by atomic mass is 35.5. The van der Waals surface area contributed by atoms with Gasteiger partial charge in [0.05, 0.1) is 34.1 Å². The molecule has 0 fully saturated rings. The van der Waals surface area contributed by atoms with Gasteiger partial charge in [0, 0.05) is 11.8 Å². The third kappa shape index (κ3) is 7.33. The molecule has 0 aliphatic rings. The summed E-state index contributed by atoms with van der Waals surface area (Å²) in [5.41, 5.74) is 1.42. The molecule has 0 aliphatic carbocycles. The third-order valence-corrected chi connectivity index (χ3v) is 7.30. The second kappa shape index (κ2) is 11.9. The van der Waals surface area contributed by atoms with Gasteiger partial charge in [-0.25, -0.2) is 8.42 Å². The van der Waals surface area contributed by atoms with Gasteiger partial charge in [-0.15, -0.1) is 0 Å². The lowest BCUT2D eigenvalue weighted by molar-refractivity contribution is -0.118. The van der Waals surface area contributed by atoms with E-state index in [0.717, 1.165) is 10.9 Å². The number of carbonyl (C=O) groups is 2. The summed E-state index contributed by atoms with van der Waals surface area (Å²) in [5, 5.41) is 12.5. The number of hydrogen-bond donors (Lipinski definition) is 2. The summed E-state index contributed by atoms with van der Waals surface area (Å²) in [4.78, 5) is 28.4. The van der Waals surface area contributed by atoms with Gasteiger partial charge in [0.2, 0.25) is 15.9 Å². The van der Waals surface area contributed by atoms with Crippen LogP contribution in [0, 0.1) is 11.3 Å². The summed E-state index contributed by atoms with van der Waals surface area (Å²) in [7, 11) is -4.17. The maximum absolute atomic E-state index is 13.1. The van der Waals surface area contributed by atoms with Gasteiger partial charge in [0.25, 0.3) is 0 Å². The summed E-state index contributed by atoms with van der Waals surface area (Å²) < 4.78 is 28.6. The molecule has 3 rings (SSSR count). The molecule has 0 radical (unpaired) electrons. The standard InChI is InChI=1S/C25H25ClN4O4S/c1-17(31)7-3-2-4-10-23(30-35(33,34)24-12-11-18(15-27)13-21(24)26)25(32)29-20-14-19-8-5-6-9-22(19)28-16-20/h5-6,8-9,11-14,16,23,30H,2-4,7,10H2,1H3,(H,29,32)/t23-/m0/s1. The first-order valence-corrected chi connectivity index (χ1v) is 12.9. The summed E-state index contributed by atoms with van der Waals surface area (Å²) in [6, 6.07) is 13.8. The fourth-order valence-corrected chi connectivity index (χ4v) is 5.33. The topological polar surface area (TPSA) is 129 Å². The number of nitriles is 1. The molecule has 1 aromatic heterocycles. The smallest absolute Gasteiger partial charge is 0.242 e. The third-order valence-electron chi connectivity index (χ3n) is 5.34. The number of aromatic nitrogens is 1. The number of para-hydroxylation sites is 1. The van der Waals surface area contributed by atoms with Crippen molar-refractivity contribution in [2.24, 2.45) is 0 Å². The van der Waals surface area contributed by atoms with Gasteiger partial charge in [-0.2, -0.15) is 9.98 Å². The minimum absolute atomic E-state index is 0.0826. The first-order valence-electron chi connectivity index (χ1n) is 11.1. The molecule has 3 aromatic rings. The quantitative estimate of drug-likeness (QED) is 0.361. The lowest BCUT2D eigenvalue weighted by Crippen LogP contribution is -2.43. The van der Waals surface area contributed by atoms with Crippen molar-refractivity contribution in [3.63, 3.8) is 0 Å². The lowest BCUT2D eigenvalue weighted by Gasteiger charge is -2.19. The molecular formula is C25H25ClN4O4S. The van der Waals surface area contributed by atoms with Crippen LogP contribution in [0.1, 0.15) is 44.6 Å². The number of unbranched alkanes of at least 4 members (excludes halogenated alkanes) is 2. The van der Waals surface area contributed by atoms with E-state index in [0.29, 0.717) is 31.4 Å². The van der Waals surface area contributed by atoms with Gasteiger partial charge in [0.1, 0.15) is 16.7 Å². The van der Waals surface area contributed by atoms with Crippen molar-refractivity contribution in [2.45, 2.75) is 50.0 Å². The number of amides is 1. The minimum Gasteiger partial charge on any atom is -0.323 e. The number of benzene rings is 2. The Morgan fingerprint density at radius 1 is 1.11 bits per heavy atom. The molecule has 1 heterocycles. The zero-order valence-corrected chi connectivity index (χ0v) is 20.7. The maximum Gasteiger partial charge on any atom is 0.242 e. The van der Waals surface area contributed by atoms with Crippen molar-refractivity contribution in [1.29, 1.82) is 5.26 Å². The van der Waals surface area contributed by atoms with E-state index >= 15 is 0 Å². The van der Waals surface area contributed by atoms with E-state index < -0.39 is 22.0 Å². The fourth-order valence-electron chi connectivity index (χ4n) is 3.55. The first kappa shape index (κ1) is 26.3. The molecule has 0 saturated carbocycles. The average Bonchev–Trinajstić information content (AvgIpc) is 2.82. The highest BCUT2D eigenvalue weighted by Gasteiger charge is 2.27. The Hall–Kier alpha value is -3.32. The molecule has 182 valence electrons. The van der Waals surface area contributed by atoms with Gasteiger partial charge < -0.3 is 10.1 Å². The van der Waals surface area contributed by atoms with Crippen molar-refractivity contribution in [3.05, 3.63) is 65.3 Å². The van der Waals surface area contributed by atoms with Crippen LogP contribution in [0.3, 0.4) is 0 Å². The molecule has 2 aromatic carbocycles. The van der Waals surface area contributed by atoms with Gasteiger partial charge in [-0.1, -0.05) is 42.6 Å². The van der Waals surface area contributed by atoms with Gasteiger partial charge in [-0.05, 0) is 50.1 Å². The molecular weight excluding hydrogens is 488 g/mol. The Morgan fingerprint density at radius 2 is 1.89 bits per heavy atom. The van der Waals surface area contributed by atoms with Crippen LogP contribution in [0.5, 0.6) is 0 Å². The van der Waals surface area contributed by atoms with Crippen LogP contribution in [0.2, 0.25) is 5.02 Å². The average molecular weight is 513 g/mol. The molecule has 0 unspecified atom stereocenters. The van der Waals surface area contributed by atoms with E-state index in [2.05, 4.69) is 15.0 Å². The summed E-state index contributed by atoms with van der Waals surface area (Å²) in [5.74, 6) is -0.457. The highest BCUT2D eigenvalue weighted by molar-refractivity contribution is 7.89. The molecule has 0 saturated heterocycles. The van der Waals surface area contributed by atoms with Crippen LogP contribution in [0.25, 0.3) is 10.9 Å². The van der Waals surface area contributed by atoms with Crippen molar-refractivity contribution >= 4 is 49.9 Å². The van der Waals surface area contributed by atoms with E-state index in [1.807, 2.05) is 30.3 Å². The van der Waals surface area contributed by atoms with Crippen LogP contribution in [-0.4, -0.2) is 31.1 Å². The molecule has 10 heteroatoms. The van der Waals surface area contributed by atoms with Crippen LogP contribution < -0.4 is 10.0 Å². The van der Waals surface area contributed by atoms with Crippen LogP contribution in [-0.2, 0) is 19.6 Å². The van der Waals surface area contributed by atoms with Crippen molar-refractivity contribution in [3.8, 4) is 6.07 Å². The maximum atomic E-state index is 13.1. The zero-order chi connectivity index (χ0) is 25.4. The number of anilines is 1. The highest BCUT2D eigenvalue weighted by Crippen LogP contribution is 2.24. The number of rotatable bonds is 11. The van der Waals surface area contributed by atoms with Crippen LogP contribution >= 0.6 is 11.6 Å². The first-order chi connectivity index (χ1) is 16.7. The van der Waals surface area contributed by atoms with Crippen LogP contribution in [0.15, 0.2) is 59.6 Å². The zero-order valence-electron chi connectivity index (χ0n) is 19.1. The van der Waals surface area contributed by atoms with Gasteiger partial charge >= 0.3 is 0 Å². The van der Waals surface area contributed by atoms with E-state index in [1.54, 1.807) is 6.07 Å². The Morgan fingerprint density at radius 3 is 2.60 bits per heavy atom. The van der Waals surface area contributed by atoms with E-state index in [4.69, 9.17) is 16.9 Å². The number of ketones is 1. The van der Waals surface area contributed by atoms with Crippen molar-refractivity contribution in [1.82, 2.24) is 9.71 Å². The molecule has 8 nitrogen and oxygen atoms in total. The molecule has 0 aliphatic heterocycles. The van der Waals surface area contributed by atoms with Gasteiger partial charge in [0.15, 0.2) is 0 Å². The van der Waals surface area contributed by atoms with E-state index in [1.165, 1.54) is 31.3 Å². The summed E-state index contributed by atoms with van der Waals surface area (Å²) in [6.07, 6.45) is 4.03. The SMILES string of the molecule is CC(=O)CCCCC[C@H](NS(=O)(=O)c1ccc(C#N)cc1Cl)C(=O)Nc1cnc2ccccc2c1. The van der Waals surface area contributed by atoms with Crippen molar-refractivity contribution in [2.75, 3.05) is 5.32 Å². The fraction of sp³-hybridized carbons (Fsp3) is 0.280. The number of carbonyl (C=O) groups excluding carboxylic acids is 2. The number of pyridine rings is 1. The second-order valence-corrected chi connectivity index (χ2v) is 10.2. The Balaban J connectivity index is 1.79. The molecule has 35 heavy (non-hydrogen) atoms. The number of halogens is 1. The number of nitrogens with zero attached hydrogens (tertiary/aromatic N) is 2. The Labute approximate surface area is 209 Å². The normalized spacial score (nSPS) is 12.1. The largest absolute Gasteiger partial charge is 0.323 e. The second-order valence-electron chi connectivity index (χ2n) is 8.14. The monoisotopic (exact) mass is 512 g/mol. The van der Waals surface area contributed by atoms with Crippen molar-refractivity contribution < 1.29 is 18.0 Å². The number of nitrogens with one attached hydrogen (secondary N) is 2. The molecule has 0 spiro atoms. The number of fused-ring (bicyclic) bond motifs is 1.